The van der Waals surface area contributed by atoms with E-state index in [4.69, 9.17) is 0 Å². The lowest BCUT2D eigenvalue weighted by Gasteiger charge is -2.21. The SMILES string of the molecule is CCCC1CCc2sc(C(=O)NCc3nn[nH]n3)cc2C1. The van der Waals surface area contributed by atoms with Crippen LogP contribution in [0.5, 0.6) is 0 Å². The zero-order valence-electron chi connectivity index (χ0n) is 12.1. The molecule has 0 saturated heterocycles. The van der Waals surface area contributed by atoms with E-state index < -0.39 is 0 Å². The molecular formula is C14H19N5OS. The van der Waals surface area contributed by atoms with Gasteiger partial charge in [0, 0.05) is 4.88 Å². The Morgan fingerprint density at radius 3 is 3.24 bits per heavy atom. The topological polar surface area (TPSA) is 83.6 Å². The molecule has 1 aliphatic rings. The van der Waals surface area contributed by atoms with Gasteiger partial charge in [-0.05, 0) is 36.8 Å². The number of thiophene rings is 1. The number of rotatable bonds is 5. The van der Waals surface area contributed by atoms with Gasteiger partial charge in [0.15, 0.2) is 5.82 Å². The molecule has 0 radical (unpaired) electrons. The minimum absolute atomic E-state index is 0.0498. The molecule has 6 nitrogen and oxygen atoms in total. The van der Waals surface area contributed by atoms with E-state index in [1.165, 1.54) is 29.7 Å². The number of nitrogens with one attached hydrogen (secondary N) is 2. The van der Waals surface area contributed by atoms with E-state index >= 15 is 0 Å². The van der Waals surface area contributed by atoms with Gasteiger partial charge in [-0.25, -0.2) is 0 Å². The van der Waals surface area contributed by atoms with Crippen LogP contribution in [0.25, 0.3) is 0 Å². The maximum atomic E-state index is 12.2. The molecule has 1 amide bonds. The van der Waals surface area contributed by atoms with Crippen LogP contribution in [0.3, 0.4) is 0 Å². The number of H-pyrrole nitrogens is 1. The average molecular weight is 305 g/mol. The van der Waals surface area contributed by atoms with Crippen LogP contribution in [0.1, 0.15) is 52.1 Å². The minimum atomic E-state index is -0.0498. The number of nitrogens with zero attached hydrogens (tertiary/aromatic N) is 3. The van der Waals surface area contributed by atoms with Gasteiger partial charge in [0.05, 0.1) is 11.4 Å². The Morgan fingerprint density at radius 2 is 2.48 bits per heavy atom. The van der Waals surface area contributed by atoms with Gasteiger partial charge in [0.25, 0.3) is 5.91 Å². The molecule has 0 spiro atoms. The van der Waals surface area contributed by atoms with Gasteiger partial charge in [0.2, 0.25) is 0 Å². The smallest absolute Gasteiger partial charge is 0.261 e. The lowest BCUT2D eigenvalue weighted by molar-refractivity contribution is 0.0954. The van der Waals surface area contributed by atoms with Crippen molar-refractivity contribution in [1.82, 2.24) is 25.9 Å². The maximum absolute atomic E-state index is 12.2. The number of aryl methyl sites for hydroxylation is 1. The molecule has 1 aliphatic carbocycles. The first kappa shape index (κ1) is 14.2. The number of aromatic amines is 1. The van der Waals surface area contributed by atoms with E-state index in [1.807, 2.05) is 0 Å². The highest BCUT2D eigenvalue weighted by Crippen LogP contribution is 2.34. The van der Waals surface area contributed by atoms with Crippen molar-refractivity contribution in [3.63, 3.8) is 0 Å². The molecule has 2 heterocycles. The van der Waals surface area contributed by atoms with Crippen LogP contribution in [-0.2, 0) is 19.4 Å². The largest absolute Gasteiger partial charge is 0.344 e. The van der Waals surface area contributed by atoms with Gasteiger partial charge in [-0.3, -0.25) is 4.79 Å². The monoisotopic (exact) mass is 305 g/mol. The lowest BCUT2D eigenvalue weighted by Crippen LogP contribution is -2.22. The Morgan fingerprint density at radius 1 is 1.57 bits per heavy atom. The summed E-state index contributed by atoms with van der Waals surface area (Å²) < 4.78 is 0. The van der Waals surface area contributed by atoms with Gasteiger partial charge in [-0.15, -0.1) is 21.5 Å². The number of tetrazole rings is 1. The van der Waals surface area contributed by atoms with Crippen molar-refractivity contribution < 1.29 is 4.79 Å². The molecule has 0 aromatic carbocycles. The lowest BCUT2D eigenvalue weighted by atomic mass is 9.85. The standard InChI is InChI=1S/C14H19N5OS/c1-2-3-9-4-5-11-10(6-9)7-12(21-11)14(20)15-8-13-16-18-19-17-13/h7,9H,2-6,8H2,1H3,(H,15,20)(H,16,17,18,19). The summed E-state index contributed by atoms with van der Waals surface area (Å²) in [6, 6.07) is 2.06. The van der Waals surface area contributed by atoms with Crippen molar-refractivity contribution in [2.45, 2.75) is 45.6 Å². The highest BCUT2D eigenvalue weighted by Gasteiger charge is 2.22. The molecule has 0 aliphatic heterocycles. The van der Waals surface area contributed by atoms with Gasteiger partial charge in [-0.1, -0.05) is 25.0 Å². The second kappa shape index (κ2) is 6.34. The number of aromatic nitrogens is 4. The molecule has 1 atom stereocenters. The number of fused-ring (bicyclic) bond motifs is 1. The summed E-state index contributed by atoms with van der Waals surface area (Å²) in [5.74, 6) is 1.23. The van der Waals surface area contributed by atoms with Crippen LogP contribution in [-0.4, -0.2) is 26.5 Å². The van der Waals surface area contributed by atoms with Gasteiger partial charge in [0.1, 0.15) is 0 Å². The minimum Gasteiger partial charge on any atom is -0.344 e. The second-order valence-corrected chi connectivity index (χ2v) is 6.60. The summed E-state index contributed by atoms with van der Waals surface area (Å²) in [5.41, 5.74) is 1.37. The Hall–Kier alpha value is -1.76. The number of carbonyl (C=O) groups is 1. The summed E-state index contributed by atoms with van der Waals surface area (Å²) in [5, 5.41) is 16.3. The first-order chi connectivity index (χ1) is 10.3. The van der Waals surface area contributed by atoms with Crippen LogP contribution >= 0.6 is 11.3 Å². The molecule has 1 unspecified atom stereocenters. The molecule has 0 saturated carbocycles. The summed E-state index contributed by atoms with van der Waals surface area (Å²) in [6.07, 6.45) is 6.02. The van der Waals surface area contributed by atoms with Crippen LogP contribution in [0, 0.1) is 5.92 Å². The Kier molecular flexibility index (Phi) is 4.28. The zero-order valence-corrected chi connectivity index (χ0v) is 12.9. The van der Waals surface area contributed by atoms with E-state index in [2.05, 4.69) is 38.9 Å². The van der Waals surface area contributed by atoms with Crippen molar-refractivity contribution in [2.24, 2.45) is 5.92 Å². The van der Waals surface area contributed by atoms with Crippen molar-refractivity contribution in [3.05, 3.63) is 27.2 Å². The molecule has 112 valence electrons. The quantitative estimate of drug-likeness (QED) is 0.886. The third kappa shape index (κ3) is 3.29. The molecule has 2 N–H and O–H groups in total. The Balaban J connectivity index is 1.63. The van der Waals surface area contributed by atoms with Crippen molar-refractivity contribution in [3.8, 4) is 0 Å². The molecular weight excluding hydrogens is 286 g/mol. The number of amides is 1. The first-order valence-electron chi connectivity index (χ1n) is 7.38. The fourth-order valence-electron chi connectivity index (χ4n) is 2.87. The van der Waals surface area contributed by atoms with E-state index in [0.717, 1.165) is 23.6 Å². The maximum Gasteiger partial charge on any atom is 0.261 e. The predicted molar refractivity (Wildman–Crippen MR) is 80.1 cm³/mol. The highest BCUT2D eigenvalue weighted by molar-refractivity contribution is 7.14. The first-order valence-corrected chi connectivity index (χ1v) is 8.20. The fraction of sp³-hybridized carbons (Fsp3) is 0.571. The molecule has 2 aromatic rings. The molecule has 7 heteroatoms. The third-order valence-electron chi connectivity index (χ3n) is 3.90. The molecule has 3 rings (SSSR count). The normalized spacial score (nSPS) is 17.5. The Bertz CT molecular complexity index is 607. The highest BCUT2D eigenvalue weighted by atomic mass is 32.1. The van der Waals surface area contributed by atoms with E-state index in [0.29, 0.717) is 12.4 Å². The summed E-state index contributed by atoms with van der Waals surface area (Å²) in [7, 11) is 0. The van der Waals surface area contributed by atoms with E-state index in [1.54, 1.807) is 11.3 Å². The van der Waals surface area contributed by atoms with Gasteiger partial charge >= 0.3 is 0 Å². The van der Waals surface area contributed by atoms with Gasteiger partial charge < -0.3 is 5.32 Å². The van der Waals surface area contributed by atoms with Crippen molar-refractivity contribution in [2.75, 3.05) is 0 Å². The van der Waals surface area contributed by atoms with Crippen LogP contribution in [0.15, 0.2) is 6.07 Å². The van der Waals surface area contributed by atoms with Crippen LogP contribution in [0.4, 0.5) is 0 Å². The van der Waals surface area contributed by atoms with E-state index in [9.17, 15) is 4.79 Å². The van der Waals surface area contributed by atoms with E-state index in [-0.39, 0.29) is 5.91 Å². The molecule has 0 fully saturated rings. The van der Waals surface area contributed by atoms with Crippen LogP contribution in [0.2, 0.25) is 0 Å². The molecule has 2 aromatic heterocycles. The predicted octanol–water partition coefficient (Wildman–Crippen LogP) is 2.10. The molecule has 0 bridgehead atoms. The van der Waals surface area contributed by atoms with Crippen molar-refractivity contribution >= 4 is 17.2 Å². The number of hydrogen-bond donors (Lipinski definition) is 2. The Labute approximate surface area is 127 Å². The average Bonchev–Trinajstić information content (AvgIpc) is 3.13. The van der Waals surface area contributed by atoms with Gasteiger partial charge in [-0.2, -0.15) is 5.21 Å². The third-order valence-corrected chi connectivity index (χ3v) is 5.14. The van der Waals surface area contributed by atoms with Crippen molar-refractivity contribution in [1.29, 1.82) is 0 Å². The fourth-order valence-corrected chi connectivity index (χ4v) is 3.99. The zero-order chi connectivity index (χ0) is 14.7. The summed E-state index contributed by atoms with van der Waals surface area (Å²) >= 11 is 1.62. The number of hydrogen-bond acceptors (Lipinski definition) is 5. The summed E-state index contributed by atoms with van der Waals surface area (Å²) in [6.45, 7) is 2.54. The second-order valence-electron chi connectivity index (χ2n) is 5.47. The number of carbonyl (C=O) groups excluding carboxylic acids is 1. The molecule has 21 heavy (non-hydrogen) atoms. The summed E-state index contributed by atoms with van der Waals surface area (Å²) in [4.78, 5) is 14.4. The van der Waals surface area contributed by atoms with Crippen LogP contribution < -0.4 is 5.32 Å².